The highest BCUT2D eigenvalue weighted by atomic mass is 15.3. The first kappa shape index (κ1) is 16.6. The van der Waals surface area contributed by atoms with Crippen molar-refractivity contribution in [1.29, 1.82) is 5.26 Å². The van der Waals surface area contributed by atoms with E-state index in [0.29, 0.717) is 5.56 Å². The Hall–Kier alpha value is -2.91. The summed E-state index contributed by atoms with van der Waals surface area (Å²) in [5.41, 5.74) is 2.65. The Balaban J connectivity index is 1.42. The maximum atomic E-state index is 9.53. The molecule has 0 amide bonds. The summed E-state index contributed by atoms with van der Waals surface area (Å²) in [4.78, 5) is 13.3. The van der Waals surface area contributed by atoms with Gasteiger partial charge in [-0.05, 0) is 19.0 Å². The Labute approximate surface area is 153 Å². The molecular weight excluding hydrogens is 324 g/mol. The summed E-state index contributed by atoms with van der Waals surface area (Å²) in [5.74, 6) is 0. The van der Waals surface area contributed by atoms with Crippen LogP contribution in [0.25, 0.3) is 10.9 Å². The van der Waals surface area contributed by atoms with Crippen LogP contribution in [0, 0.1) is 11.3 Å². The number of anilines is 1. The van der Waals surface area contributed by atoms with E-state index in [1.54, 1.807) is 6.20 Å². The number of piperazine rings is 1. The van der Waals surface area contributed by atoms with Crippen molar-refractivity contribution in [3.8, 4) is 6.07 Å². The van der Waals surface area contributed by atoms with E-state index in [1.165, 1.54) is 0 Å². The summed E-state index contributed by atoms with van der Waals surface area (Å²) in [7, 11) is 0. The third-order valence-electron chi connectivity index (χ3n) is 5.01. The molecule has 3 heterocycles. The molecule has 0 saturated carbocycles. The fraction of sp³-hybridized carbons (Fsp3) is 0.350. The molecule has 0 spiro atoms. The van der Waals surface area contributed by atoms with Crippen LogP contribution in [0.5, 0.6) is 0 Å². The highest BCUT2D eigenvalue weighted by molar-refractivity contribution is 5.94. The summed E-state index contributed by atoms with van der Waals surface area (Å²) in [5, 5.41) is 10.6. The molecule has 0 unspecified atom stereocenters. The van der Waals surface area contributed by atoms with Crippen LogP contribution in [0.3, 0.4) is 0 Å². The van der Waals surface area contributed by atoms with E-state index in [1.807, 2.05) is 36.9 Å². The van der Waals surface area contributed by atoms with E-state index >= 15 is 0 Å². The minimum Gasteiger partial charge on any atom is -0.367 e. The van der Waals surface area contributed by atoms with Gasteiger partial charge in [0.2, 0.25) is 0 Å². The van der Waals surface area contributed by atoms with E-state index < -0.39 is 0 Å². The van der Waals surface area contributed by atoms with E-state index in [2.05, 4.69) is 36.5 Å². The van der Waals surface area contributed by atoms with Crippen LogP contribution in [0.1, 0.15) is 12.0 Å². The smallest absolute Gasteiger partial charge is 0.103 e. The molecule has 1 aliphatic heterocycles. The number of imidazole rings is 1. The van der Waals surface area contributed by atoms with Crippen LogP contribution in [0.15, 0.2) is 49.2 Å². The number of aromatic nitrogens is 3. The Kier molecular flexibility index (Phi) is 4.80. The number of hydrogen-bond donors (Lipinski definition) is 0. The predicted octanol–water partition coefficient (Wildman–Crippen LogP) is 2.52. The van der Waals surface area contributed by atoms with Gasteiger partial charge in [-0.2, -0.15) is 5.26 Å². The lowest BCUT2D eigenvalue weighted by molar-refractivity contribution is 0.250. The molecule has 2 aromatic heterocycles. The van der Waals surface area contributed by atoms with E-state index in [4.69, 9.17) is 0 Å². The van der Waals surface area contributed by atoms with E-state index in [9.17, 15) is 5.26 Å². The predicted molar refractivity (Wildman–Crippen MR) is 102 cm³/mol. The van der Waals surface area contributed by atoms with Crippen molar-refractivity contribution >= 4 is 16.6 Å². The molecule has 0 bridgehead atoms. The van der Waals surface area contributed by atoms with Gasteiger partial charge in [-0.25, -0.2) is 4.98 Å². The van der Waals surface area contributed by atoms with Crippen molar-refractivity contribution in [3.63, 3.8) is 0 Å². The van der Waals surface area contributed by atoms with Gasteiger partial charge >= 0.3 is 0 Å². The third kappa shape index (κ3) is 3.39. The molecule has 6 nitrogen and oxygen atoms in total. The van der Waals surface area contributed by atoms with Crippen molar-refractivity contribution in [3.05, 3.63) is 54.7 Å². The molecule has 0 N–H and O–H groups in total. The molecule has 3 aromatic rings. The number of benzene rings is 1. The first-order valence-corrected chi connectivity index (χ1v) is 9.06. The lowest BCUT2D eigenvalue weighted by Crippen LogP contribution is -2.47. The van der Waals surface area contributed by atoms with Crippen molar-refractivity contribution in [2.45, 2.75) is 13.0 Å². The summed E-state index contributed by atoms with van der Waals surface area (Å²) < 4.78 is 2.12. The standard InChI is InChI=1S/C20H22N6/c21-14-17-15-23-19-5-2-1-4-18(19)20(17)26-12-10-24(11-13-26)7-3-8-25-9-6-22-16-25/h1-2,4-6,9,15-16H,3,7-8,10-13H2. The maximum absolute atomic E-state index is 9.53. The molecule has 4 rings (SSSR count). The van der Waals surface area contributed by atoms with Gasteiger partial charge < -0.3 is 9.47 Å². The second-order valence-corrected chi connectivity index (χ2v) is 6.63. The number of aryl methyl sites for hydroxylation is 1. The Bertz CT molecular complexity index is 904. The van der Waals surface area contributed by atoms with Gasteiger partial charge in [0.1, 0.15) is 6.07 Å². The fourth-order valence-electron chi connectivity index (χ4n) is 3.64. The Morgan fingerprint density at radius 2 is 1.92 bits per heavy atom. The van der Waals surface area contributed by atoms with Crippen LogP contribution >= 0.6 is 0 Å². The second kappa shape index (κ2) is 7.54. The zero-order chi connectivity index (χ0) is 17.8. The van der Waals surface area contributed by atoms with Gasteiger partial charge in [0.05, 0.1) is 23.1 Å². The highest BCUT2D eigenvalue weighted by Gasteiger charge is 2.21. The number of pyridine rings is 1. The number of para-hydroxylation sites is 1. The number of nitrogens with zero attached hydrogens (tertiary/aromatic N) is 6. The Morgan fingerprint density at radius 1 is 1.08 bits per heavy atom. The average molecular weight is 346 g/mol. The van der Waals surface area contributed by atoms with Gasteiger partial charge in [0, 0.05) is 56.7 Å². The molecule has 26 heavy (non-hydrogen) atoms. The first-order chi connectivity index (χ1) is 12.8. The molecule has 1 fully saturated rings. The van der Waals surface area contributed by atoms with Crippen molar-refractivity contribution in [2.24, 2.45) is 0 Å². The number of rotatable bonds is 5. The fourth-order valence-corrected chi connectivity index (χ4v) is 3.64. The first-order valence-electron chi connectivity index (χ1n) is 9.06. The SMILES string of the molecule is N#Cc1cnc2ccccc2c1N1CCN(CCCn2ccnc2)CC1. The normalized spacial score (nSPS) is 15.3. The van der Waals surface area contributed by atoms with Crippen LogP contribution in [-0.2, 0) is 6.54 Å². The number of fused-ring (bicyclic) bond motifs is 1. The minimum atomic E-state index is 0.664. The third-order valence-corrected chi connectivity index (χ3v) is 5.01. The lowest BCUT2D eigenvalue weighted by Gasteiger charge is -2.37. The van der Waals surface area contributed by atoms with E-state index in [-0.39, 0.29) is 0 Å². The molecule has 0 radical (unpaired) electrons. The zero-order valence-electron chi connectivity index (χ0n) is 14.8. The molecule has 132 valence electrons. The molecular formula is C20H22N6. The molecule has 1 aromatic carbocycles. The minimum absolute atomic E-state index is 0.664. The maximum Gasteiger partial charge on any atom is 0.103 e. The van der Waals surface area contributed by atoms with Crippen LogP contribution in [0.2, 0.25) is 0 Å². The second-order valence-electron chi connectivity index (χ2n) is 6.63. The average Bonchev–Trinajstić information content (AvgIpc) is 3.21. The summed E-state index contributed by atoms with van der Waals surface area (Å²) in [6, 6.07) is 10.4. The van der Waals surface area contributed by atoms with Gasteiger partial charge in [0.15, 0.2) is 0 Å². The summed E-state index contributed by atoms with van der Waals surface area (Å²) in [6.07, 6.45) is 8.53. The number of hydrogen-bond acceptors (Lipinski definition) is 5. The van der Waals surface area contributed by atoms with E-state index in [0.717, 1.165) is 62.3 Å². The van der Waals surface area contributed by atoms with Crippen molar-refractivity contribution in [1.82, 2.24) is 19.4 Å². The molecule has 6 heteroatoms. The molecule has 0 aliphatic carbocycles. The summed E-state index contributed by atoms with van der Waals surface area (Å²) >= 11 is 0. The van der Waals surface area contributed by atoms with Gasteiger partial charge in [-0.1, -0.05) is 18.2 Å². The van der Waals surface area contributed by atoms with Crippen LogP contribution in [0.4, 0.5) is 5.69 Å². The Morgan fingerprint density at radius 3 is 2.69 bits per heavy atom. The zero-order valence-corrected chi connectivity index (χ0v) is 14.8. The van der Waals surface area contributed by atoms with Gasteiger partial charge in [-0.3, -0.25) is 9.88 Å². The van der Waals surface area contributed by atoms with Crippen LogP contribution in [-0.4, -0.2) is 52.2 Å². The van der Waals surface area contributed by atoms with Crippen molar-refractivity contribution < 1.29 is 0 Å². The van der Waals surface area contributed by atoms with Gasteiger partial charge in [-0.15, -0.1) is 0 Å². The highest BCUT2D eigenvalue weighted by Crippen LogP contribution is 2.29. The summed E-state index contributed by atoms with van der Waals surface area (Å²) in [6.45, 7) is 6.01. The largest absolute Gasteiger partial charge is 0.367 e. The quantitative estimate of drug-likeness (QED) is 0.710. The van der Waals surface area contributed by atoms with Gasteiger partial charge in [0.25, 0.3) is 0 Å². The molecule has 0 atom stereocenters. The number of nitriles is 1. The van der Waals surface area contributed by atoms with Crippen LogP contribution < -0.4 is 4.90 Å². The molecule has 1 saturated heterocycles. The van der Waals surface area contributed by atoms with Crippen molar-refractivity contribution in [2.75, 3.05) is 37.6 Å². The topological polar surface area (TPSA) is 61.0 Å². The molecule has 1 aliphatic rings. The monoisotopic (exact) mass is 346 g/mol. The lowest BCUT2D eigenvalue weighted by atomic mass is 10.1.